The highest BCUT2D eigenvalue weighted by Crippen LogP contribution is 2.42. The van der Waals surface area contributed by atoms with Crippen LogP contribution in [0.15, 0.2) is 18.2 Å². The fraction of sp³-hybridized carbons (Fsp3) is 0.500. The Morgan fingerprint density at radius 2 is 2.19 bits per heavy atom. The Kier molecular flexibility index (Phi) is 3.36. The molecule has 2 aliphatic heterocycles. The molecule has 2 fully saturated rings. The average molecular weight is 294 g/mol. The summed E-state index contributed by atoms with van der Waals surface area (Å²) in [6.45, 7) is 0.359. The molecule has 0 amide bonds. The van der Waals surface area contributed by atoms with Gasteiger partial charge in [-0.15, -0.1) is 0 Å². The van der Waals surface area contributed by atoms with Crippen molar-refractivity contribution in [1.29, 1.82) is 0 Å². The number of halogens is 1. The summed E-state index contributed by atoms with van der Waals surface area (Å²) in [6, 6.07) is 3.66. The Balaban J connectivity index is 1.81. The molecule has 0 spiro atoms. The van der Waals surface area contributed by atoms with Crippen LogP contribution in [0.25, 0.3) is 0 Å². The summed E-state index contributed by atoms with van der Waals surface area (Å²) in [6.07, 6.45) is 2.36. The highest BCUT2D eigenvalue weighted by Gasteiger charge is 2.49. The summed E-state index contributed by atoms with van der Waals surface area (Å²) in [4.78, 5) is 23.4. The summed E-state index contributed by atoms with van der Waals surface area (Å²) in [5.41, 5.74) is 0.246. The van der Waals surface area contributed by atoms with E-state index in [1.54, 1.807) is 0 Å². The SMILES string of the molecule is O=C(O)C1CC2CCC1N2Cc1cc(F)cc([N+](=O)[O-])c1. The lowest BCUT2D eigenvalue weighted by Gasteiger charge is -2.22. The van der Waals surface area contributed by atoms with Gasteiger partial charge in [0.2, 0.25) is 0 Å². The van der Waals surface area contributed by atoms with E-state index in [9.17, 15) is 24.4 Å². The Bertz CT molecular complexity index is 607. The van der Waals surface area contributed by atoms with E-state index in [-0.39, 0.29) is 23.7 Å². The zero-order valence-electron chi connectivity index (χ0n) is 11.2. The van der Waals surface area contributed by atoms with Gasteiger partial charge < -0.3 is 5.11 Å². The number of fused-ring (bicyclic) bond motifs is 2. The van der Waals surface area contributed by atoms with Gasteiger partial charge in [-0.1, -0.05) is 0 Å². The van der Waals surface area contributed by atoms with Crippen molar-refractivity contribution in [2.75, 3.05) is 0 Å². The number of nitrogens with zero attached hydrogens (tertiary/aromatic N) is 2. The lowest BCUT2D eigenvalue weighted by atomic mass is 9.89. The predicted octanol–water partition coefficient (Wildman–Crippen LogP) is 2.17. The molecule has 2 heterocycles. The molecule has 0 radical (unpaired) electrons. The third-order valence-electron chi connectivity index (χ3n) is 4.52. The Hall–Kier alpha value is -2.02. The molecule has 7 heteroatoms. The summed E-state index contributed by atoms with van der Waals surface area (Å²) in [7, 11) is 0. The largest absolute Gasteiger partial charge is 0.481 e. The molecular weight excluding hydrogens is 279 g/mol. The van der Waals surface area contributed by atoms with Gasteiger partial charge in [0.25, 0.3) is 5.69 Å². The number of rotatable bonds is 4. The lowest BCUT2D eigenvalue weighted by Crippen LogP contribution is -2.32. The fourth-order valence-corrected chi connectivity index (χ4v) is 3.65. The first-order valence-corrected chi connectivity index (χ1v) is 6.88. The van der Waals surface area contributed by atoms with Gasteiger partial charge in [0, 0.05) is 24.7 Å². The van der Waals surface area contributed by atoms with E-state index in [1.165, 1.54) is 12.1 Å². The monoisotopic (exact) mass is 294 g/mol. The number of nitro groups is 1. The fourth-order valence-electron chi connectivity index (χ4n) is 3.65. The number of carbonyl (C=O) groups is 1. The molecule has 0 saturated carbocycles. The van der Waals surface area contributed by atoms with Gasteiger partial charge in [0.15, 0.2) is 0 Å². The van der Waals surface area contributed by atoms with Crippen molar-refractivity contribution in [1.82, 2.24) is 4.90 Å². The van der Waals surface area contributed by atoms with Crippen LogP contribution in [0.3, 0.4) is 0 Å². The molecule has 0 aliphatic carbocycles. The number of aliphatic carboxylic acids is 1. The summed E-state index contributed by atoms with van der Waals surface area (Å²) < 4.78 is 13.5. The minimum Gasteiger partial charge on any atom is -0.481 e. The van der Waals surface area contributed by atoms with Gasteiger partial charge in [0.1, 0.15) is 5.82 Å². The van der Waals surface area contributed by atoms with Gasteiger partial charge in [-0.25, -0.2) is 4.39 Å². The third kappa shape index (κ3) is 2.49. The first-order valence-electron chi connectivity index (χ1n) is 6.88. The van der Waals surface area contributed by atoms with Crippen molar-refractivity contribution in [2.24, 2.45) is 5.92 Å². The minimum atomic E-state index is -0.794. The number of hydrogen-bond acceptors (Lipinski definition) is 4. The highest BCUT2D eigenvalue weighted by molar-refractivity contribution is 5.71. The zero-order valence-corrected chi connectivity index (χ0v) is 11.2. The molecule has 2 saturated heterocycles. The predicted molar refractivity (Wildman–Crippen MR) is 71.2 cm³/mol. The topological polar surface area (TPSA) is 83.7 Å². The highest BCUT2D eigenvalue weighted by atomic mass is 19.1. The molecule has 2 aliphatic rings. The Morgan fingerprint density at radius 3 is 2.81 bits per heavy atom. The summed E-state index contributed by atoms with van der Waals surface area (Å²) in [5.74, 6) is -1.81. The summed E-state index contributed by atoms with van der Waals surface area (Å²) >= 11 is 0. The standard InChI is InChI=1S/C14H15FN2O4/c15-9-3-8(4-11(5-9)17(20)21)7-16-10-1-2-13(16)12(6-10)14(18)19/h3-5,10,12-13H,1-2,6-7H2,(H,18,19). The Morgan fingerprint density at radius 1 is 1.43 bits per heavy atom. The van der Waals surface area contributed by atoms with E-state index >= 15 is 0 Å². The number of carboxylic acid groups (broad SMARTS) is 1. The normalized spacial score (nSPS) is 28.0. The number of nitro benzene ring substituents is 1. The van der Waals surface area contributed by atoms with E-state index in [4.69, 9.17) is 0 Å². The van der Waals surface area contributed by atoms with Crippen molar-refractivity contribution in [3.8, 4) is 0 Å². The van der Waals surface area contributed by atoms with Gasteiger partial charge in [-0.3, -0.25) is 19.8 Å². The maximum Gasteiger partial charge on any atom is 0.308 e. The van der Waals surface area contributed by atoms with E-state index in [1.807, 2.05) is 0 Å². The van der Waals surface area contributed by atoms with Crippen molar-refractivity contribution in [2.45, 2.75) is 37.9 Å². The molecule has 3 rings (SSSR count). The minimum absolute atomic E-state index is 0.0465. The molecule has 1 N–H and O–H groups in total. The molecule has 1 aromatic rings. The van der Waals surface area contributed by atoms with Crippen LogP contribution >= 0.6 is 0 Å². The zero-order chi connectivity index (χ0) is 15.1. The smallest absolute Gasteiger partial charge is 0.308 e. The van der Waals surface area contributed by atoms with Gasteiger partial charge in [0.05, 0.1) is 16.9 Å². The van der Waals surface area contributed by atoms with Crippen molar-refractivity contribution >= 4 is 11.7 Å². The van der Waals surface area contributed by atoms with Crippen LogP contribution in [0, 0.1) is 21.8 Å². The van der Waals surface area contributed by atoms with Crippen LogP contribution in [0.1, 0.15) is 24.8 Å². The van der Waals surface area contributed by atoms with Crippen molar-refractivity contribution in [3.63, 3.8) is 0 Å². The molecule has 3 unspecified atom stereocenters. The first-order chi connectivity index (χ1) is 9.95. The van der Waals surface area contributed by atoms with Crippen LogP contribution in [0.5, 0.6) is 0 Å². The molecule has 3 atom stereocenters. The van der Waals surface area contributed by atoms with Crippen molar-refractivity contribution < 1.29 is 19.2 Å². The molecule has 6 nitrogen and oxygen atoms in total. The number of carboxylic acids is 1. The van der Waals surface area contributed by atoms with Crippen LogP contribution < -0.4 is 0 Å². The number of hydrogen-bond donors (Lipinski definition) is 1. The van der Waals surface area contributed by atoms with Crippen molar-refractivity contribution in [3.05, 3.63) is 39.7 Å². The second-order valence-electron chi connectivity index (χ2n) is 5.73. The molecular formula is C14H15FN2O4. The van der Waals surface area contributed by atoms with Gasteiger partial charge >= 0.3 is 5.97 Å². The first kappa shape index (κ1) is 13.9. The van der Waals surface area contributed by atoms with Crippen LogP contribution in [-0.4, -0.2) is 33.0 Å². The molecule has 2 bridgehead atoms. The van der Waals surface area contributed by atoms with E-state index in [0.29, 0.717) is 18.5 Å². The van der Waals surface area contributed by atoms with E-state index in [0.717, 1.165) is 18.9 Å². The number of benzene rings is 1. The maximum absolute atomic E-state index is 13.5. The van der Waals surface area contributed by atoms with Gasteiger partial charge in [-0.2, -0.15) is 0 Å². The third-order valence-corrected chi connectivity index (χ3v) is 4.52. The second kappa shape index (κ2) is 5.07. The second-order valence-corrected chi connectivity index (χ2v) is 5.73. The van der Waals surface area contributed by atoms with E-state index < -0.39 is 16.7 Å². The average Bonchev–Trinajstić information content (AvgIpc) is 2.95. The molecule has 0 aromatic heterocycles. The number of non-ortho nitro benzene ring substituents is 1. The van der Waals surface area contributed by atoms with Crippen LogP contribution in [-0.2, 0) is 11.3 Å². The molecule has 112 valence electrons. The quantitative estimate of drug-likeness (QED) is 0.679. The molecule has 1 aromatic carbocycles. The van der Waals surface area contributed by atoms with Crippen LogP contribution in [0.2, 0.25) is 0 Å². The maximum atomic E-state index is 13.5. The van der Waals surface area contributed by atoms with E-state index in [2.05, 4.69) is 4.90 Å². The Labute approximate surface area is 120 Å². The lowest BCUT2D eigenvalue weighted by molar-refractivity contribution is -0.385. The summed E-state index contributed by atoms with van der Waals surface area (Å²) in [5, 5.41) is 20.0. The van der Waals surface area contributed by atoms with Gasteiger partial charge in [-0.05, 0) is 30.9 Å². The van der Waals surface area contributed by atoms with Crippen LogP contribution in [0.4, 0.5) is 10.1 Å². The molecule has 21 heavy (non-hydrogen) atoms.